The van der Waals surface area contributed by atoms with Crippen LogP contribution in [0.4, 0.5) is 0 Å². The van der Waals surface area contributed by atoms with Crippen LogP contribution in [0, 0.1) is 5.41 Å². The molecule has 1 unspecified atom stereocenters. The molecule has 1 aromatic carbocycles. The highest BCUT2D eigenvalue weighted by Crippen LogP contribution is 2.30. The SMILES string of the molecule is Cl.N=C(CS)NC1CCc2ccccc21. The maximum absolute atomic E-state index is 7.56. The zero-order valence-corrected chi connectivity index (χ0v) is 10.1. The molecular weight excluding hydrogens is 228 g/mol. The van der Waals surface area contributed by atoms with Gasteiger partial charge in [0.25, 0.3) is 0 Å². The molecule has 0 saturated heterocycles. The third-order valence-corrected chi connectivity index (χ3v) is 2.96. The van der Waals surface area contributed by atoms with Crippen LogP contribution in [0.15, 0.2) is 24.3 Å². The molecule has 2 rings (SSSR count). The second-order valence-corrected chi connectivity index (χ2v) is 3.89. The van der Waals surface area contributed by atoms with Gasteiger partial charge in [0.1, 0.15) is 5.84 Å². The van der Waals surface area contributed by atoms with Crippen LogP contribution in [0.1, 0.15) is 23.6 Å². The number of fused-ring (bicyclic) bond motifs is 1. The first kappa shape index (κ1) is 12.4. The summed E-state index contributed by atoms with van der Waals surface area (Å²) < 4.78 is 0. The number of benzene rings is 1. The Morgan fingerprint density at radius 2 is 2.20 bits per heavy atom. The number of rotatable bonds is 2. The molecule has 15 heavy (non-hydrogen) atoms. The summed E-state index contributed by atoms with van der Waals surface area (Å²) in [5.74, 6) is 0.994. The topological polar surface area (TPSA) is 35.9 Å². The fraction of sp³-hybridized carbons (Fsp3) is 0.364. The van der Waals surface area contributed by atoms with Gasteiger partial charge in [-0.25, -0.2) is 0 Å². The van der Waals surface area contributed by atoms with Gasteiger partial charge in [-0.1, -0.05) is 24.3 Å². The number of thiol groups is 1. The number of amidine groups is 1. The molecule has 1 aromatic rings. The predicted octanol–water partition coefficient (Wildman–Crippen LogP) is 2.59. The van der Waals surface area contributed by atoms with Crippen molar-refractivity contribution >= 4 is 30.9 Å². The molecule has 82 valence electrons. The van der Waals surface area contributed by atoms with Gasteiger partial charge in [0.05, 0.1) is 6.04 Å². The third-order valence-electron chi connectivity index (χ3n) is 2.64. The molecule has 0 radical (unpaired) electrons. The van der Waals surface area contributed by atoms with Crippen molar-refractivity contribution in [2.24, 2.45) is 0 Å². The smallest absolute Gasteiger partial charge is 0.104 e. The minimum Gasteiger partial charge on any atom is -0.367 e. The van der Waals surface area contributed by atoms with Gasteiger partial charge < -0.3 is 5.32 Å². The number of hydrogen-bond acceptors (Lipinski definition) is 2. The molecule has 1 aliphatic rings. The van der Waals surface area contributed by atoms with E-state index in [4.69, 9.17) is 5.41 Å². The lowest BCUT2D eigenvalue weighted by Gasteiger charge is -2.14. The Labute approximate surface area is 102 Å². The lowest BCUT2D eigenvalue weighted by Crippen LogP contribution is -2.27. The van der Waals surface area contributed by atoms with E-state index in [1.165, 1.54) is 11.1 Å². The van der Waals surface area contributed by atoms with Crippen LogP contribution in [-0.2, 0) is 6.42 Å². The van der Waals surface area contributed by atoms with Crippen LogP contribution >= 0.6 is 25.0 Å². The summed E-state index contributed by atoms with van der Waals surface area (Å²) in [6.07, 6.45) is 2.21. The molecule has 0 saturated carbocycles. The van der Waals surface area contributed by atoms with Crippen molar-refractivity contribution in [1.82, 2.24) is 5.32 Å². The Bertz CT molecular complexity index is 354. The summed E-state index contributed by atoms with van der Waals surface area (Å²) in [6, 6.07) is 8.77. The minimum absolute atomic E-state index is 0. The second-order valence-electron chi connectivity index (χ2n) is 3.57. The molecule has 0 heterocycles. The van der Waals surface area contributed by atoms with E-state index in [0.29, 0.717) is 17.6 Å². The van der Waals surface area contributed by atoms with Gasteiger partial charge in [0.2, 0.25) is 0 Å². The first-order chi connectivity index (χ1) is 6.81. The van der Waals surface area contributed by atoms with E-state index in [9.17, 15) is 0 Å². The zero-order chi connectivity index (χ0) is 9.97. The van der Waals surface area contributed by atoms with Crippen molar-refractivity contribution in [3.05, 3.63) is 35.4 Å². The molecule has 0 aliphatic heterocycles. The Balaban J connectivity index is 0.00000112. The van der Waals surface area contributed by atoms with Crippen molar-refractivity contribution in [3.8, 4) is 0 Å². The van der Waals surface area contributed by atoms with Crippen LogP contribution in [0.5, 0.6) is 0 Å². The monoisotopic (exact) mass is 242 g/mol. The van der Waals surface area contributed by atoms with Crippen LogP contribution in [-0.4, -0.2) is 11.6 Å². The third kappa shape index (κ3) is 2.67. The average molecular weight is 243 g/mol. The van der Waals surface area contributed by atoms with Crippen LogP contribution in [0.25, 0.3) is 0 Å². The fourth-order valence-electron chi connectivity index (χ4n) is 1.96. The number of halogens is 1. The maximum atomic E-state index is 7.56. The molecule has 1 atom stereocenters. The number of hydrogen-bond donors (Lipinski definition) is 3. The Hall–Kier alpha value is -0.670. The molecule has 4 heteroatoms. The van der Waals surface area contributed by atoms with Crippen molar-refractivity contribution in [3.63, 3.8) is 0 Å². The van der Waals surface area contributed by atoms with Gasteiger partial charge in [-0.05, 0) is 24.0 Å². The van der Waals surface area contributed by atoms with Gasteiger partial charge in [0, 0.05) is 5.75 Å². The van der Waals surface area contributed by atoms with Gasteiger partial charge in [0.15, 0.2) is 0 Å². The molecule has 1 aliphatic carbocycles. The highest BCUT2D eigenvalue weighted by Gasteiger charge is 2.21. The second kappa shape index (κ2) is 5.42. The van der Waals surface area contributed by atoms with Crippen LogP contribution < -0.4 is 5.32 Å². The largest absolute Gasteiger partial charge is 0.367 e. The highest BCUT2D eigenvalue weighted by atomic mass is 35.5. The molecule has 0 bridgehead atoms. The van der Waals surface area contributed by atoms with Crippen molar-refractivity contribution in [2.75, 3.05) is 5.75 Å². The molecule has 0 fully saturated rings. The summed E-state index contributed by atoms with van der Waals surface area (Å²) in [6.45, 7) is 0. The van der Waals surface area contributed by atoms with Crippen molar-refractivity contribution < 1.29 is 0 Å². The Morgan fingerprint density at radius 1 is 1.47 bits per heavy atom. The summed E-state index contributed by atoms with van der Waals surface area (Å²) in [4.78, 5) is 0. The molecule has 0 amide bonds. The van der Waals surface area contributed by atoms with E-state index in [2.05, 4.69) is 42.2 Å². The van der Waals surface area contributed by atoms with Crippen LogP contribution in [0.2, 0.25) is 0 Å². The van der Waals surface area contributed by atoms with Crippen LogP contribution in [0.3, 0.4) is 0 Å². The fourth-order valence-corrected chi connectivity index (χ4v) is 2.05. The quantitative estimate of drug-likeness (QED) is 0.416. The van der Waals surface area contributed by atoms with Gasteiger partial charge in [-0.15, -0.1) is 12.4 Å². The molecular formula is C11H15ClN2S. The molecule has 2 nitrogen and oxygen atoms in total. The van der Waals surface area contributed by atoms with E-state index in [1.54, 1.807) is 0 Å². The lowest BCUT2D eigenvalue weighted by atomic mass is 10.1. The first-order valence-electron chi connectivity index (χ1n) is 4.84. The van der Waals surface area contributed by atoms with Gasteiger partial charge >= 0.3 is 0 Å². The van der Waals surface area contributed by atoms with E-state index in [0.717, 1.165) is 12.8 Å². The van der Waals surface area contributed by atoms with E-state index >= 15 is 0 Å². The van der Waals surface area contributed by atoms with Gasteiger partial charge in [-0.3, -0.25) is 5.41 Å². The van der Waals surface area contributed by atoms with E-state index < -0.39 is 0 Å². The lowest BCUT2D eigenvalue weighted by molar-refractivity contribution is 0.637. The first-order valence-corrected chi connectivity index (χ1v) is 5.47. The summed E-state index contributed by atoms with van der Waals surface area (Å²) in [5, 5.41) is 10.7. The standard InChI is InChI=1S/C11H14N2S.ClH/c12-11(7-14)13-10-6-5-8-3-1-2-4-9(8)10;/h1-4,10,14H,5-7H2,(H2,12,13);1H. The minimum atomic E-state index is 0. The summed E-state index contributed by atoms with van der Waals surface area (Å²) in [5.41, 5.74) is 2.76. The Morgan fingerprint density at radius 3 is 2.93 bits per heavy atom. The average Bonchev–Trinajstić information content (AvgIpc) is 2.62. The maximum Gasteiger partial charge on any atom is 0.104 e. The molecule has 0 aromatic heterocycles. The van der Waals surface area contributed by atoms with E-state index in [-0.39, 0.29) is 12.4 Å². The summed E-state index contributed by atoms with van der Waals surface area (Å²) >= 11 is 4.07. The van der Waals surface area contributed by atoms with Crippen molar-refractivity contribution in [1.29, 1.82) is 5.41 Å². The summed E-state index contributed by atoms with van der Waals surface area (Å²) in [7, 11) is 0. The normalized spacial score (nSPS) is 17.8. The predicted molar refractivity (Wildman–Crippen MR) is 69.5 cm³/mol. The number of nitrogens with one attached hydrogen (secondary N) is 2. The Kier molecular flexibility index (Phi) is 4.48. The molecule has 2 N–H and O–H groups in total. The zero-order valence-electron chi connectivity index (χ0n) is 8.36. The van der Waals surface area contributed by atoms with Crippen molar-refractivity contribution in [2.45, 2.75) is 18.9 Å². The highest BCUT2D eigenvalue weighted by molar-refractivity contribution is 7.81. The van der Waals surface area contributed by atoms with E-state index in [1.807, 2.05) is 0 Å². The number of aryl methyl sites for hydroxylation is 1. The van der Waals surface area contributed by atoms with Gasteiger partial charge in [-0.2, -0.15) is 12.6 Å². The molecule has 0 spiro atoms.